The van der Waals surface area contributed by atoms with E-state index in [9.17, 15) is 18.4 Å². The van der Waals surface area contributed by atoms with Gasteiger partial charge in [0.1, 0.15) is 49.8 Å². The molecule has 0 aliphatic carbocycles. The first kappa shape index (κ1) is 30.0. The first-order valence-corrected chi connectivity index (χ1v) is 14.3. The molecule has 10 nitrogen and oxygen atoms in total. The van der Waals surface area contributed by atoms with Gasteiger partial charge in [0.15, 0.2) is 0 Å². The molecule has 0 radical (unpaired) electrons. The minimum atomic E-state index is -0.332. The van der Waals surface area contributed by atoms with Crippen LogP contribution in [-0.2, 0) is 14.3 Å². The zero-order valence-electron chi connectivity index (χ0n) is 23.9. The van der Waals surface area contributed by atoms with Gasteiger partial charge in [-0.2, -0.15) is 5.10 Å². The zero-order valence-corrected chi connectivity index (χ0v) is 23.9. The summed E-state index contributed by atoms with van der Waals surface area (Å²) in [4.78, 5) is 36.3. The Morgan fingerprint density at radius 1 is 0.977 bits per heavy atom. The number of hydrazone groups is 1. The third-order valence-corrected chi connectivity index (χ3v) is 7.63. The van der Waals surface area contributed by atoms with E-state index in [0.29, 0.717) is 44.2 Å². The Morgan fingerprint density at radius 3 is 2.35 bits per heavy atom. The lowest BCUT2D eigenvalue weighted by Crippen LogP contribution is -2.51. The van der Waals surface area contributed by atoms with E-state index in [1.54, 1.807) is 35.3 Å². The van der Waals surface area contributed by atoms with Gasteiger partial charge >= 0.3 is 0 Å². The van der Waals surface area contributed by atoms with Crippen molar-refractivity contribution < 1.29 is 27.8 Å². The second kappa shape index (κ2) is 14.1. The highest BCUT2D eigenvalue weighted by Crippen LogP contribution is 2.39. The molecular weight excluding hydrogens is 558 g/mol. The molecule has 1 amide bonds. The lowest BCUT2D eigenvalue weighted by Gasteiger charge is -2.36. The number of piperazine rings is 1. The van der Waals surface area contributed by atoms with Crippen LogP contribution in [0.3, 0.4) is 0 Å². The van der Waals surface area contributed by atoms with Crippen LogP contribution in [0, 0.1) is 17.6 Å². The summed E-state index contributed by atoms with van der Waals surface area (Å²) in [5, 5.41) is 6.68. The maximum atomic E-state index is 13.8. The van der Waals surface area contributed by atoms with Gasteiger partial charge in [0.2, 0.25) is 11.8 Å². The van der Waals surface area contributed by atoms with E-state index in [1.165, 1.54) is 30.6 Å². The summed E-state index contributed by atoms with van der Waals surface area (Å²) in [5.41, 5.74) is 2.45. The molecule has 0 N–H and O–H groups in total. The number of anilines is 1. The van der Waals surface area contributed by atoms with Crippen molar-refractivity contribution in [2.24, 2.45) is 11.0 Å². The molecular formula is C31H34F2N6O4. The predicted molar refractivity (Wildman–Crippen MR) is 156 cm³/mol. The SMILES string of the molecule is CCC1C(c2ccc(F)cc2)=NN(CC(=O)N2CCN(c3cc(OCCOCC=O)ncn3)CC2)C1c1ccc(F)cc1. The summed E-state index contributed by atoms with van der Waals surface area (Å²) in [5.74, 6) is 0.309. The molecule has 1 aromatic heterocycles. The number of aromatic nitrogens is 2. The highest BCUT2D eigenvalue weighted by molar-refractivity contribution is 6.03. The van der Waals surface area contributed by atoms with Gasteiger partial charge in [-0.05, 0) is 41.8 Å². The molecule has 226 valence electrons. The Labute approximate surface area is 248 Å². The minimum Gasteiger partial charge on any atom is -0.475 e. The van der Waals surface area contributed by atoms with Gasteiger partial charge in [0.25, 0.3) is 0 Å². The van der Waals surface area contributed by atoms with Crippen LogP contribution in [-0.4, -0.2) is 90.3 Å². The summed E-state index contributed by atoms with van der Waals surface area (Å²) < 4.78 is 38.1. The van der Waals surface area contributed by atoms with Crippen LogP contribution in [0.2, 0.25) is 0 Å². The van der Waals surface area contributed by atoms with Crippen LogP contribution in [0.4, 0.5) is 14.6 Å². The Kier molecular flexibility index (Phi) is 9.88. The van der Waals surface area contributed by atoms with Gasteiger partial charge in [0, 0.05) is 38.2 Å². The van der Waals surface area contributed by atoms with Crippen molar-refractivity contribution in [2.45, 2.75) is 19.4 Å². The highest BCUT2D eigenvalue weighted by Gasteiger charge is 2.39. The molecule has 2 aromatic carbocycles. The van der Waals surface area contributed by atoms with Crippen molar-refractivity contribution in [3.63, 3.8) is 0 Å². The Bertz CT molecular complexity index is 1410. The fourth-order valence-corrected chi connectivity index (χ4v) is 5.48. The Hall–Kier alpha value is -4.45. The lowest BCUT2D eigenvalue weighted by atomic mass is 9.85. The van der Waals surface area contributed by atoms with E-state index in [4.69, 9.17) is 14.6 Å². The first-order valence-electron chi connectivity index (χ1n) is 14.3. The molecule has 0 spiro atoms. The maximum Gasteiger partial charge on any atom is 0.244 e. The Morgan fingerprint density at radius 2 is 1.67 bits per heavy atom. The van der Waals surface area contributed by atoms with Gasteiger partial charge in [-0.3, -0.25) is 9.80 Å². The van der Waals surface area contributed by atoms with E-state index in [0.717, 1.165) is 23.3 Å². The molecule has 2 aliphatic heterocycles. The molecule has 5 rings (SSSR count). The van der Waals surface area contributed by atoms with E-state index in [-0.39, 0.29) is 55.9 Å². The zero-order chi connectivity index (χ0) is 30.2. The van der Waals surface area contributed by atoms with Crippen molar-refractivity contribution in [3.8, 4) is 5.88 Å². The number of benzene rings is 2. The van der Waals surface area contributed by atoms with Crippen molar-refractivity contribution in [1.29, 1.82) is 0 Å². The number of aldehydes is 1. The third kappa shape index (κ3) is 7.31. The number of hydrogen-bond donors (Lipinski definition) is 0. The fourth-order valence-electron chi connectivity index (χ4n) is 5.48. The topological polar surface area (TPSA) is 100 Å². The normalized spacial score (nSPS) is 18.5. The standard InChI is InChI=1S/C31H34F2N6O4/c1-2-26-30(22-3-7-24(32)8-4-22)36-39(31(26)23-5-9-25(33)10-6-23)20-29(41)38-13-11-37(12-14-38)27-19-28(35-21-34-27)43-18-17-42-16-15-40/h3-10,15,19,21,26,31H,2,11-14,16-18,20H2,1H3. The van der Waals surface area contributed by atoms with Crippen LogP contribution < -0.4 is 9.64 Å². The van der Waals surface area contributed by atoms with Crippen molar-refractivity contribution in [3.05, 3.63) is 83.7 Å². The Balaban J connectivity index is 1.25. The third-order valence-electron chi connectivity index (χ3n) is 7.63. The van der Waals surface area contributed by atoms with Crippen LogP contribution in [0.25, 0.3) is 0 Å². The summed E-state index contributed by atoms with van der Waals surface area (Å²) >= 11 is 0. The summed E-state index contributed by atoms with van der Waals surface area (Å²) in [6.07, 6.45) is 2.85. The van der Waals surface area contributed by atoms with Crippen molar-refractivity contribution >= 4 is 23.7 Å². The number of nitrogens with zero attached hydrogens (tertiary/aromatic N) is 6. The van der Waals surface area contributed by atoms with Crippen molar-refractivity contribution in [2.75, 3.05) is 57.4 Å². The smallest absolute Gasteiger partial charge is 0.244 e. The van der Waals surface area contributed by atoms with Gasteiger partial charge in [0.05, 0.1) is 18.4 Å². The van der Waals surface area contributed by atoms with Crippen molar-refractivity contribution in [1.82, 2.24) is 19.9 Å². The quantitative estimate of drug-likeness (QED) is 0.233. The molecule has 3 aromatic rings. The average Bonchev–Trinajstić information content (AvgIpc) is 3.39. The summed E-state index contributed by atoms with van der Waals surface area (Å²) in [7, 11) is 0. The van der Waals surface area contributed by atoms with Gasteiger partial charge in [-0.15, -0.1) is 0 Å². The number of carbonyl (C=O) groups is 2. The van der Waals surface area contributed by atoms with E-state index in [1.807, 2.05) is 4.90 Å². The molecule has 3 heterocycles. The predicted octanol–water partition coefficient (Wildman–Crippen LogP) is 3.49. The highest BCUT2D eigenvalue weighted by atomic mass is 19.1. The molecule has 0 bridgehead atoms. The molecule has 43 heavy (non-hydrogen) atoms. The maximum absolute atomic E-state index is 13.8. The minimum absolute atomic E-state index is 0.0208. The monoisotopic (exact) mass is 592 g/mol. The summed E-state index contributed by atoms with van der Waals surface area (Å²) in [6, 6.07) is 14.0. The number of halogens is 2. The van der Waals surface area contributed by atoms with Crippen LogP contribution in [0.1, 0.15) is 30.5 Å². The molecule has 1 saturated heterocycles. The lowest BCUT2D eigenvalue weighted by molar-refractivity contribution is -0.133. The van der Waals surface area contributed by atoms with Crippen LogP contribution >= 0.6 is 0 Å². The van der Waals surface area contributed by atoms with Crippen LogP contribution in [0.5, 0.6) is 5.88 Å². The molecule has 2 unspecified atom stereocenters. The number of rotatable bonds is 12. The number of carbonyl (C=O) groups excluding carboxylic acids is 2. The number of ether oxygens (including phenoxy) is 2. The molecule has 2 aliphatic rings. The second-order valence-corrected chi connectivity index (χ2v) is 10.3. The van der Waals surface area contributed by atoms with E-state index in [2.05, 4.69) is 21.8 Å². The largest absolute Gasteiger partial charge is 0.475 e. The first-order chi connectivity index (χ1) is 21.0. The van der Waals surface area contributed by atoms with E-state index < -0.39 is 0 Å². The summed E-state index contributed by atoms with van der Waals surface area (Å²) in [6.45, 7) is 4.81. The molecule has 1 fully saturated rings. The molecule has 2 atom stereocenters. The average molecular weight is 593 g/mol. The van der Waals surface area contributed by atoms with Gasteiger partial charge in [-0.1, -0.05) is 31.2 Å². The molecule has 0 saturated carbocycles. The second-order valence-electron chi connectivity index (χ2n) is 10.3. The fraction of sp³-hybridized carbons (Fsp3) is 0.387. The van der Waals surface area contributed by atoms with E-state index >= 15 is 0 Å². The van der Waals surface area contributed by atoms with Gasteiger partial charge in [-0.25, -0.2) is 18.7 Å². The molecule has 12 heteroatoms. The number of amides is 1. The number of hydrogen-bond acceptors (Lipinski definition) is 9. The van der Waals surface area contributed by atoms with Crippen LogP contribution in [0.15, 0.2) is 66.0 Å². The van der Waals surface area contributed by atoms with Gasteiger partial charge < -0.3 is 24.1 Å².